The molecule has 4 heterocycles. The molecule has 2 aromatic heterocycles. The third-order valence-corrected chi connectivity index (χ3v) is 11.7. The molecule has 2 saturated heterocycles. The first kappa shape index (κ1) is 30.4. The van der Waals surface area contributed by atoms with E-state index in [1.807, 2.05) is 0 Å². The summed E-state index contributed by atoms with van der Waals surface area (Å²) in [5, 5.41) is 14.5. The summed E-state index contributed by atoms with van der Waals surface area (Å²) in [5.41, 5.74) is 1.22. The molecule has 222 valence electrons. The first-order valence-corrected chi connectivity index (χ1v) is 16.3. The van der Waals surface area contributed by atoms with Gasteiger partial charge >= 0.3 is 5.97 Å². The smallest absolute Gasteiger partial charge is 0.326 e. The van der Waals surface area contributed by atoms with Crippen LogP contribution in [0.2, 0.25) is 10.0 Å². The van der Waals surface area contributed by atoms with Gasteiger partial charge in [-0.15, -0.1) is 11.3 Å². The average molecular weight is 652 g/mol. The van der Waals surface area contributed by atoms with Gasteiger partial charge in [0.2, 0.25) is 5.91 Å². The molecule has 2 unspecified atom stereocenters. The Labute approximate surface area is 257 Å². The highest BCUT2D eigenvalue weighted by Crippen LogP contribution is 2.43. The lowest BCUT2D eigenvalue weighted by Crippen LogP contribution is -2.63. The Kier molecular flexibility index (Phi) is 8.91. The number of benzene rings is 1. The second-order valence-corrected chi connectivity index (χ2v) is 14.2. The number of hydrogen-bond donors (Lipinski definition) is 2. The SMILES string of the molecule is CN(C(=O)c1c(Cl)cncc1Cl)c1ccc(CC(NC(=O)C2C3CCC(CC3)N2S(=O)(=O)c2cccs2)C(=O)O)cc1. The minimum atomic E-state index is -3.91. The van der Waals surface area contributed by atoms with Crippen molar-refractivity contribution >= 4 is 68.0 Å². The summed E-state index contributed by atoms with van der Waals surface area (Å²) in [6.07, 6.45) is 5.37. The second kappa shape index (κ2) is 12.3. The molecule has 3 fully saturated rings. The fraction of sp³-hybridized carbons (Fsp3) is 0.357. The first-order valence-electron chi connectivity index (χ1n) is 13.2. The topological polar surface area (TPSA) is 137 Å². The van der Waals surface area contributed by atoms with E-state index in [1.165, 1.54) is 27.7 Å². The van der Waals surface area contributed by atoms with Crippen LogP contribution in [0.4, 0.5) is 5.69 Å². The van der Waals surface area contributed by atoms with Crippen molar-refractivity contribution in [2.75, 3.05) is 11.9 Å². The summed E-state index contributed by atoms with van der Waals surface area (Å²) >= 11 is 13.3. The van der Waals surface area contributed by atoms with E-state index in [4.69, 9.17) is 23.2 Å². The Morgan fingerprint density at radius 2 is 1.74 bits per heavy atom. The predicted octanol–water partition coefficient (Wildman–Crippen LogP) is 4.47. The van der Waals surface area contributed by atoms with Crippen LogP contribution in [0.25, 0.3) is 0 Å². The number of nitrogens with zero attached hydrogens (tertiary/aromatic N) is 3. The summed E-state index contributed by atoms with van der Waals surface area (Å²) in [5.74, 6) is -2.48. The standard InChI is InChI=1S/C28H28Cl2N4O6S2/c1-33(27(36)24-20(29)14-31-15-21(24)30)18-8-4-16(5-9-18)13-22(28(37)38)32-26(35)25-17-6-10-19(11-7-17)34(25)42(39,40)23-3-2-12-41-23/h2-5,8-9,12,14-15,17,19,22,25H,6-7,10-11,13H2,1H3,(H,32,35)(H,37,38). The molecule has 2 atom stereocenters. The average Bonchev–Trinajstić information content (AvgIpc) is 3.53. The maximum atomic E-state index is 13.6. The molecule has 1 saturated carbocycles. The highest BCUT2D eigenvalue weighted by molar-refractivity contribution is 7.91. The highest BCUT2D eigenvalue weighted by atomic mass is 35.5. The van der Waals surface area contributed by atoms with Crippen molar-refractivity contribution in [2.45, 2.75) is 54.4 Å². The Hall–Kier alpha value is -3.03. The summed E-state index contributed by atoms with van der Waals surface area (Å²) < 4.78 is 28.5. The predicted molar refractivity (Wildman–Crippen MR) is 160 cm³/mol. The molecule has 14 heteroatoms. The van der Waals surface area contributed by atoms with Crippen LogP contribution in [-0.2, 0) is 26.0 Å². The van der Waals surface area contributed by atoms with E-state index in [0.717, 1.165) is 11.3 Å². The molecule has 42 heavy (non-hydrogen) atoms. The van der Waals surface area contributed by atoms with Crippen molar-refractivity contribution < 1.29 is 27.9 Å². The number of piperidine rings is 2. The van der Waals surface area contributed by atoms with Gasteiger partial charge in [0.25, 0.3) is 15.9 Å². The van der Waals surface area contributed by atoms with Crippen LogP contribution in [0.3, 0.4) is 0 Å². The van der Waals surface area contributed by atoms with Crippen LogP contribution in [0, 0.1) is 5.92 Å². The summed E-state index contributed by atoms with van der Waals surface area (Å²) in [6, 6.07) is 7.22. The van der Waals surface area contributed by atoms with Crippen molar-refractivity contribution in [3.05, 3.63) is 75.3 Å². The number of amides is 2. The lowest BCUT2D eigenvalue weighted by molar-refractivity contribution is -0.143. The number of carboxylic acid groups (broad SMARTS) is 1. The van der Waals surface area contributed by atoms with E-state index in [1.54, 1.807) is 42.8 Å². The number of rotatable bonds is 9. The van der Waals surface area contributed by atoms with Gasteiger partial charge in [-0.3, -0.25) is 14.6 Å². The third kappa shape index (κ3) is 5.91. The van der Waals surface area contributed by atoms with Crippen molar-refractivity contribution in [2.24, 2.45) is 5.92 Å². The Bertz CT molecular complexity index is 1570. The number of carbonyl (C=O) groups excluding carboxylic acids is 2. The molecule has 2 N–H and O–H groups in total. The van der Waals surface area contributed by atoms with Gasteiger partial charge in [0.1, 0.15) is 16.3 Å². The van der Waals surface area contributed by atoms with E-state index >= 15 is 0 Å². The number of carboxylic acids is 1. The zero-order chi connectivity index (χ0) is 30.2. The van der Waals surface area contributed by atoms with Gasteiger partial charge in [-0.2, -0.15) is 4.31 Å². The fourth-order valence-corrected chi connectivity index (χ4v) is 9.26. The number of carbonyl (C=O) groups is 3. The zero-order valence-electron chi connectivity index (χ0n) is 22.4. The van der Waals surface area contributed by atoms with Gasteiger partial charge in [0.15, 0.2) is 0 Å². The zero-order valence-corrected chi connectivity index (χ0v) is 25.6. The number of halogens is 2. The number of thiophene rings is 1. The van der Waals surface area contributed by atoms with Crippen molar-refractivity contribution in [3.63, 3.8) is 0 Å². The van der Waals surface area contributed by atoms with Crippen molar-refractivity contribution in [1.29, 1.82) is 0 Å². The van der Waals surface area contributed by atoms with E-state index in [-0.39, 0.29) is 38.2 Å². The van der Waals surface area contributed by atoms with E-state index in [9.17, 15) is 27.9 Å². The molecule has 10 nitrogen and oxygen atoms in total. The highest BCUT2D eigenvalue weighted by Gasteiger charge is 2.51. The number of aliphatic carboxylic acids is 1. The molecular formula is C28H28Cl2N4O6S2. The summed E-state index contributed by atoms with van der Waals surface area (Å²) in [7, 11) is -2.36. The van der Waals surface area contributed by atoms with Crippen LogP contribution in [-0.4, -0.2) is 65.8 Å². The number of anilines is 1. The maximum absolute atomic E-state index is 13.6. The van der Waals surface area contributed by atoms with Gasteiger partial charge < -0.3 is 15.3 Å². The number of hydrogen-bond acceptors (Lipinski definition) is 7. The molecule has 2 aliphatic heterocycles. The lowest BCUT2D eigenvalue weighted by atomic mass is 9.76. The van der Waals surface area contributed by atoms with Crippen molar-refractivity contribution in [1.82, 2.24) is 14.6 Å². The molecule has 0 spiro atoms. The number of aromatic nitrogens is 1. The molecule has 3 aromatic rings. The molecule has 0 radical (unpaired) electrons. The van der Waals surface area contributed by atoms with Crippen LogP contribution in [0.5, 0.6) is 0 Å². The molecule has 2 bridgehead atoms. The number of pyridine rings is 1. The Morgan fingerprint density at radius 3 is 2.31 bits per heavy atom. The number of sulfonamides is 1. The third-order valence-electron chi connectivity index (χ3n) is 7.87. The number of fused-ring (bicyclic) bond motifs is 3. The lowest BCUT2D eigenvalue weighted by Gasteiger charge is -2.49. The Balaban J connectivity index is 1.31. The van der Waals surface area contributed by atoms with Crippen LogP contribution < -0.4 is 10.2 Å². The number of nitrogens with one attached hydrogen (secondary N) is 1. The van der Waals surface area contributed by atoms with E-state index < -0.39 is 39.9 Å². The summed E-state index contributed by atoms with van der Waals surface area (Å²) in [4.78, 5) is 44.0. The largest absolute Gasteiger partial charge is 0.480 e. The van der Waals surface area contributed by atoms with Gasteiger partial charge in [-0.1, -0.05) is 41.4 Å². The molecule has 2 amide bonds. The maximum Gasteiger partial charge on any atom is 0.326 e. The molecule has 1 aliphatic carbocycles. The van der Waals surface area contributed by atoms with E-state index in [0.29, 0.717) is 36.9 Å². The van der Waals surface area contributed by atoms with Crippen LogP contribution >= 0.6 is 34.5 Å². The second-order valence-electron chi connectivity index (χ2n) is 10.4. The quantitative estimate of drug-likeness (QED) is 0.349. The summed E-state index contributed by atoms with van der Waals surface area (Å²) in [6.45, 7) is 0. The monoisotopic (exact) mass is 650 g/mol. The fourth-order valence-electron chi connectivity index (χ4n) is 5.75. The van der Waals surface area contributed by atoms with Crippen LogP contribution in [0.1, 0.15) is 41.6 Å². The molecular weight excluding hydrogens is 623 g/mol. The Morgan fingerprint density at radius 1 is 1.10 bits per heavy atom. The van der Waals surface area contributed by atoms with E-state index in [2.05, 4.69) is 10.3 Å². The van der Waals surface area contributed by atoms with Gasteiger partial charge in [-0.05, 0) is 60.7 Å². The molecule has 6 rings (SSSR count). The van der Waals surface area contributed by atoms with Gasteiger partial charge in [0, 0.05) is 37.6 Å². The van der Waals surface area contributed by atoms with Crippen LogP contribution in [0.15, 0.2) is 58.4 Å². The van der Waals surface area contributed by atoms with Crippen molar-refractivity contribution in [3.8, 4) is 0 Å². The van der Waals surface area contributed by atoms with Gasteiger partial charge in [0.05, 0.1) is 15.6 Å². The molecule has 3 aliphatic rings. The minimum absolute atomic E-state index is 0.0421. The minimum Gasteiger partial charge on any atom is -0.480 e. The first-order chi connectivity index (χ1) is 20.0. The normalized spacial score (nSPS) is 21.1. The van der Waals surface area contributed by atoms with Gasteiger partial charge in [-0.25, -0.2) is 13.2 Å². The molecule has 1 aromatic carbocycles.